The third kappa shape index (κ3) is 2.97. The number of hydrogen-bond acceptors (Lipinski definition) is 1. The van der Waals surface area contributed by atoms with Gasteiger partial charge < -0.3 is 5.32 Å². The predicted octanol–water partition coefficient (Wildman–Crippen LogP) is 4.21. The molecule has 0 fully saturated rings. The van der Waals surface area contributed by atoms with E-state index in [1.165, 1.54) is 16.7 Å². The summed E-state index contributed by atoms with van der Waals surface area (Å²) in [5, 5.41) is 3.11. The number of aryl methyl sites for hydroxylation is 1. The maximum atomic E-state index is 3.11. The highest BCUT2D eigenvalue weighted by Crippen LogP contribution is 2.14. The largest absolute Gasteiger partial charge is 0.388 e. The van der Waals surface area contributed by atoms with Gasteiger partial charge in [0.25, 0.3) is 0 Å². The Morgan fingerprint density at radius 3 is 2.24 bits per heavy atom. The van der Waals surface area contributed by atoms with Gasteiger partial charge in [0.15, 0.2) is 0 Å². The number of benzene rings is 2. The van der Waals surface area contributed by atoms with Crippen LogP contribution in [0.1, 0.15) is 16.7 Å². The van der Waals surface area contributed by atoms with Crippen LogP contribution in [0.15, 0.2) is 48.5 Å². The zero-order valence-electron chi connectivity index (χ0n) is 10.3. The van der Waals surface area contributed by atoms with Gasteiger partial charge in [0.2, 0.25) is 0 Å². The van der Waals surface area contributed by atoms with Gasteiger partial charge in [-0.3, -0.25) is 0 Å². The Morgan fingerprint density at radius 2 is 1.59 bits per heavy atom. The molecule has 0 atom stereocenters. The van der Waals surface area contributed by atoms with Crippen LogP contribution >= 0.6 is 0 Å². The first-order chi connectivity index (χ1) is 8.29. The SMILES string of the molecule is CNc1ccc(/C=C/c2ccccc2C)cc1. The molecule has 0 radical (unpaired) electrons. The van der Waals surface area contributed by atoms with Gasteiger partial charge in [-0.2, -0.15) is 0 Å². The average Bonchev–Trinajstić information content (AvgIpc) is 2.38. The van der Waals surface area contributed by atoms with E-state index < -0.39 is 0 Å². The highest BCUT2D eigenvalue weighted by Gasteiger charge is 1.92. The first-order valence-electron chi connectivity index (χ1n) is 5.81. The van der Waals surface area contributed by atoms with Crippen molar-refractivity contribution >= 4 is 17.8 Å². The normalized spacial score (nSPS) is 10.7. The molecule has 0 saturated heterocycles. The third-order valence-corrected chi connectivity index (χ3v) is 2.84. The molecule has 1 heteroatoms. The Labute approximate surface area is 103 Å². The molecule has 0 unspecified atom stereocenters. The van der Waals surface area contributed by atoms with Crippen molar-refractivity contribution in [2.24, 2.45) is 0 Å². The molecule has 0 saturated carbocycles. The van der Waals surface area contributed by atoms with Crippen molar-refractivity contribution in [2.45, 2.75) is 6.92 Å². The highest BCUT2D eigenvalue weighted by atomic mass is 14.8. The minimum atomic E-state index is 1.14. The summed E-state index contributed by atoms with van der Waals surface area (Å²) in [4.78, 5) is 0. The van der Waals surface area contributed by atoms with Gasteiger partial charge in [-0.15, -0.1) is 0 Å². The lowest BCUT2D eigenvalue weighted by Gasteiger charge is -2.01. The first-order valence-corrected chi connectivity index (χ1v) is 5.81. The monoisotopic (exact) mass is 223 g/mol. The Hall–Kier alpha value is -2.02. The molecule has 17 heavy (non-hydrogen) atoms. The van der Waals surface area contributed by atoms with E-state index in [1.807, 2.05) is 7.05 Å². The summed E-state index contributed by atoms with van der Waals surface area (Å²) >= 11 is 0. The third-order valence-electron chi connectivity index (χ3n) is 2.84. The van der Waals surface area contributed by atoms with Crippen LogP contribution in [0.3, 0.4) is 0 Å². The molecule has 2 aromatic rings. The second kappa shape index (κ2) is 5.35. The Kier molecular flexibility index (Phi) is 3.61. The van der Waals surface area contributed by atoms with Crippen LogP contribution < -0.4 is 5.32 Å². The minimum absolute atomic E-state index is 1.14. The minimum Gasteiger partial charge on any atom is -0.388 e. The van der Waals surface area contributed by atoms with E-state index in [2.05, 4.69) is 72.9 Å². The fourth-order valence-electron chi connectivity index (χ4n) is 1.72. The molecular formula is C16H17N. The van der Waals surface area contributed by atoms with Crippen molar-refractivity contribution in [1.29, 1.82) is 0 Å². The summed E-state index contributed by atoms with van der Waals surface area (Å²) in [5.41, 5.74) is 4.92. The molecule has 0 aliphatic rings. The smallest absolute Gasteiger partial charge is 0.0337 e. The molecule has 0 heterocycles. The second-order valence-corrected chi connectivity index (χ2v) is 4.06. The van der Waals surface area contributed by atoms with Gasteiger partial charge in [0, 0.05) is 12.7 Å². The zero-order valence-corrected chi connectivity index (χ0v) is 10.3. The molecule has 0 amide bonds. The van der Waals surface area contributed by atoms with Crippen LogP contribution in [0.5, 0.6) is 0 Å². The van der Waals surface area contributed by atoms with E-state index in [9.17, 15) is 0 Å². The molecule has 0 spiro atoms. The summed E-state index contributed by atoms with van der Waals surface area (Å²) in [7, 11) is 1.93. The summed E-state index contributed by atoms with van der Waals surface area (Å²) < 4.78 is 0. The lowest BCUT2D eigenvalue weighted by atomic mass is 10.1. The quantitative estimate of drug-likeness (QED) is 0.769. The summed E-state index contributed by atoms with van der Waals surface area (Å²) in [6.45, 7) is 2.13. The van der Waals surface area contributed by atoms with Crippen LogP contribution in [0.2, 0.25) is 0 Å². The molecule has 0 bridgehead atoms. The van der Waals surface area contributed by atoms with E-state index in [4.69, 9.17) is 0 Å². The summed E-state index contributed by atoms with van der Waals surface area (Å²) in [6, 6.07) is 16.8. The Bertz CT molecular complexity index is 509. The molecule has 86 valence electrons. The Morgan fingerprint density at radius 1 is 0.882 bits per heavy atom. The predicted molar refractivity (Wildman–Crippen MR) is 76.1 cm³/mol. The van der Waals surface area contributed by atoms with Crippen LogP contribution in [-0.2, 0) is 0 Å². The van der Waals surface area contributed by atoms with Gasteiger partial charge >= 0.3 is 0 Å². The molecule has 2 rings (SSSR count). The van der Waals surface area contributed by atoms with E-state index in [0.29, 0.717) is 0 Å². The molecular weight excluding hydrogens is 206 g/mol. The van der Waals surface area contributed by atoms with Gasteiger partial charge in [-0.1, -0.05) is 48.6 Å². The molecule has 0 aromatic heterocycles. The van der Waals surface area contributed by atoms with E-state index in [0.717, 1.165) is 5.69 Å². The standard InChI is InChI=1S/C16H17N/c1-13-5-3-4-6-15(13)10-7-14-8-11-16(17-2)12-9-14/h3-12,17H,1-2H3/b10-7+. The van der Waals surface area contributed by atoms with Crippen LogP contribution in [-0.4, -0.2) is 7.05 Å². The van der Waals surface area contributed by atoms with Crippen molar-refractivity contribution in [2.75, 3.05) is 12.4 Å². The number of nitrogens with one attached hydrogen (secondary N) is 1. The number of rotatable bonds is 3. The highest BCUT2D eigenvalue weighted by molar-refractivity contribution is 5.71. The maximum Gasteiger partial charge on any atom is 0.0337 e. The second-order valence-electron chi connectivity index (χ2n) is 4.06. The van der Waals surface area contributed by atoms with E-state index in [-0.39, 0.29) is 0 Å². The molecule has 2 aromatic carbocycles. The topological polar surface area (TPSA) is 12.0 Å². The lowest BCUT2D eigenvalue weighted by Crippen LogP contribution is -1.86. The fourth-order valence-corrected chi connectivity index (χ4v) is 1.72. The number of hydrogen-bond donors (Lipinski definition) is 1. The van der Waals surface area contributed by atoms with Crippen molar-refractivity contribution < 1.29 is 0 Å². The van der Waals surface area contributed by atoms with Crippen LogP contribution in [0.25, 0.3) is 12.2 Å². The summed E-state index contributed by atoms with van der Waals surface area (Å²) in [5.74, 6) is 0. The van der Waals surface area contributed by atoms with E-state index >= 15 is 0 Å². The first kappa shape index (κ1) is 11.5. The van der Waals surface area contributed by atoms with Gasteiger partial charge in [0.1, 0.15) is 0 Å². The molecule has 1 nitrogen and oxygen atoms in total. The fraction of sp³-hybridized carbons (Fsp3) is 0.125. The van der Waals surface area contributed by atoms with Crippen LogP contribution in [0, 0.1) is 6.92 Å². The van der Waals surface area contributed by atoms with Crippen LogP contribution in [0.4, 0.5) is 5.69 Å². The molecule has 0 aliphatic heterocycles. The van der Waals surface area contributed by atoms with Gasteiger partial charge in [-0.25, -0.2) is 0 Å². The average molecular weight is 223 g/mol. The van der Waals surface area contributed by atoms with Crippen molar-refractivity contribution in [3.05, 3.63) is 65.2 Å². The number of anilines is 1. The van der Waals surface area contributed by atoms with Crippen molar-refractivity contribution in [1.82, 2.24) is 0 Å². The lowest BCUT2D eigenvalue weighted by molar-refractivity contribution is 1.45. The summed E-state index contributed by atoms with van der Waals surface area (Å²) in [6.07, 6.45) is 4.30. The zero-order chi connectivity index (χ0) is 12.1. The molecule has 0 aliphatic carbocycles. The Balaban J connectivity index is 2.17. The van der Waals surface area contributed by atoms with Crippen molar-refractivity contribution in [3.63, 3.8) is 0 Å². The van der Waals surface area contributed by atoms with Gasteiger partial charge in [-0.05, 0) is 35.7 Å². The van der Waals surface area contributed by atoms with Gasteiger partial charge in [0.05, 0.1) is 0 Å². The van der Waals surface area contributed by atoms with Crippen molar-refractivity contribution in [3.8, 4) is 0 Å². The molecule has 1 N–H and O–H groups in total. The maximum absolute atomic E-state index is 3.11. The van der Waals surface area contributed by atoms with E-state index in [1.54, 1.807) is 0 Å².